The molecule has 1 aromatic heterocycles. The molecule has 0 spiro atoms. The van der Waals surface area contributed by atoms with Crippen molar-refractivity contribution in [3.8, 4) is 0 Å². The maximum atomic E-state index is 8.49. The number of aromatic nitrogens is 1. The molecule has 0 aliphatic heterocycles. The second-order valence-corrected chi connectivity index (χ2v) is 7.56. The number of nitrogens with one attached hydrogen (secondary N) is 1. The van der Waals surface area contributed by atoms with E-state index in [-0.39, 0.29) is 19.5 Å². The van der Waals surface area contributed by atoms with Crippen LogP contribution in [0.25, 0.3) is 10.9 Å². The first-order valence-electron chi connectivity index (χ1n) is 8.14. The first kappa shape index (κ1) is 36.8. The Morgan fingerprint density at radius 3 is 1.12 bits per heavy atom. The molecule has 0 bridgehead atoms. The Morgan fingerprint density at radius 2 is 0.818 bits per heavy atom. The number of para-hydroxylation sites is 1. The molecule has 0 amide bonds. The third-order valence-corrected chi connectivity index (χ3v) is 2.80. The zero-order valence-corrected chi connectivity index (χ0v) is 20.4. The minimum absolute atomic E-state index is 0. The summed E-state index contributed by atoms with van der Waals surface area (Å²) in [6.45, 7) is 0. The summed E-state index contributed by atoms with van der Waals surface area (Å²) < 4.78 is 102. The number of fused-ring (bicyclic) bond motifs is 1. The molecule has 3 rings (SSSR count). The van der Waals surface area contributed by atoms with Crippen LogP contribution in [0, 0.1) is 30.7 Å². The van der Waals surface area contributed by atoms with E-state index in [4.69, 9.17) is 55.9 Å². The topological polar surface area (TPSA) is 293 Å². The van der Waals surface area contributed by atoms with Crippen molar-refractivity contribution in [1.82, 2.24) is 4.98 Å². The molecule has 0 fully saturated rings. The van der Waals surface area contributed by atoms with Crippen LogP contribution < -0.4 is 55.9 Å². The van der Waals surface area contributed by atoms with E-state index in [2.05, 4.69) is 47.5 Å². The number of H-pyrrole nitrogens is 1. The van der Waals surface area contributed by atoms with Crippen molar-refractivity contribution in [3.63, 3.8) is 0 Å². The fraction of sp³-hybridized carbons (Fsp3) is 0.250. The van der Waals surface area contributed by atoms with Gasteiger partial charge in [0.25, 0.3) is 0 Å². The molecule has 2 aromatic rings. The Labute approximate surface area is 208 Å². The van der Waals surface area contributed by atoms with Crippen molar-refractivity contribution in [1.29, 1.82) is 0 Å². The molecule has 1 aliphatic carbocycles. The maximum absolute atomic E-state index is 8.49. The van der Waals surface area contributed by atoms with Crippen molar-refractivity contribution in [3.05, 3.63) is 60.8 Å². The third-order valence-electron chi connectivity index (χ3n) is 2.80. The van der Waals surface area contributed by atoms with Crippen molar-refractivity contribution < 1.29 is 106 Å². The molecule has 1 aromatic carbocycles. The van der Waals surface area contributed by atoms with Crippen LogP contribution in [-0.2, 0) is 19.5 Å². The molecular weight excluding hydrogens is 607 g/mol. The molecule has 0 saturated heterocycles. The van der Waals surface area contributed by atoms with Gasteiger partial charge in [-0.15, -0.1) is 30.7 Å². The van der Waals surface area contributed by atoms with Gasteiger partial charge >= 0.3 is 19.5 Å². The van der Waals surface area contributed by atoms with Crippen LogP contribution in [-0.4, -0.2) is 4.98 Å². The monoisotopic (exact) mass is 625 g/mol. The van der Waals surface area contributed by atoms with Crippen molar-refractivity contribution in [2.75, 3.05) is 0 Å². The van der Waals surface area contributed by atoms with Gasteiger partial charge in [0.2, 0.25) is 0 Å². The number of aromatic amines is 1. The molecule has 1 aliphatic rings. The second kappa shape index (κ2) is 19.5. The van der Waals surface area contributed by atoms with Gasteiger partial charge < -0.3 is 4.98 Å². The van der Waals surface area contributed by atoms with E-state index in [1.54, 1.807) is 0 Å². The molecule has 0 unspecified atom stereocenters. The molecule has 13 nitrogen and oxygen atoms in total. The number of hydrogen-bond acceptors (Lipinski definition) is 12. The van der Waals surface area contributed by atoms with Gasteiger partial charge in [0.15, 0.2) is 0 Å². The molecule has 190 valence electrons. The van der Waals surface area contributed by atoms with Crippen LogP contribution in [0.3, 0.4) is 0 Å². The van der Waals surface area contributed by atoms with E-state index < -0.39 is 30.7 Å². The second-order valence-electron chi connectivity index (χ2n) is 5.30. The molecular formula is C16H19Cl3NO12Rh. The van der Waals surface area contributed by atoms with Gasteiger partial charge in [-0.3, -0.25) is 0 Å². The molecule has 33 heavy (non-hydrogen) atoms. The van der Waals surface area contributed by atoms with E-state index in [0.717, 1.165) is 0 Å². The van der Waals surface area contributed by atoms with E-state index in [9.17, 15) is 0 Å². The number of hydrogen-bond donors (Lipinski definition) is 1. The van der Waals surface area contributed by atoms with Crippen LogP contribution in [0.4, 0.5) is 0 Å². The summed E-state index contributed by atoms with van der Waals surface area (Å²) in [5.74, 6) is 0. The minimum atomic E-state index is -4.94. The van der Waals surface area contributed by atoms with E-state index in [0.29, 0.717) is 0 Å². The molecule has 1 heterocycles. The first-order valence-corrected chi connectivity index (χ1v) is 11.8. The Morgan fingerprint density at radius 1 is 0.515 bits per heavy atom. The van der Waals surface area contributed by atoms with E-state index in [1.165, 1.54) is 36.6 Å². The summed E-state index contributed by atoms with van der Waals surface area (Å²) in [6.07, 6.45) is 15.9. The Bertz CT molecular complexity index is 670. The van der Waals surface area contributed by atoms with Gasteiger partial charge in [0.1, 0.15) is 0 Å². The third kappa shape index (κ3) is 45.5. The van der Waals surface area contributed by atoms with E-state index in [1.807, 2.05) is 18.3 Å². The normalized spacial score (nSPS) is 15.0. The number of allylic oxidation sites excluding steroid dienone is 4. The van der Waals surface area contributed by atoms with Gasteiger partial charge in [-0.25, -0.2) is 55.9 Å². The number of rotatable bonds is 0. The molecule has 0 radical (unpaired) electrons. The standard InChI is InChI=1S/C8H7N.C8H12.3ClHO4.Rh/c1-2-4-8-7(3-1)5-6-9-8;1-2-4-6-8-7-5-3-1;3*2-1(3,4)5;/h1-6,9H;1-2,7-8H,3-6H2;3*(H,2,3,4,5);/q;;;;;+3/p-3/b;2-1-,8-7-;;;;. The van der Waals surface area contributed by atoms with Crippen molar-refractivity contribution in [2.24, 2.45) is 0 Å². The maximum Gasteiger partial charge on any atom is 3.00 e. The zero-order valence-electron chi connectivity index (χ0n) is 16.5. The van der Waals surface area contributed by atoms with Crippen LogP contribution in [0.2, 0.25) is 0 Å². The minimum Gasteiger partial charge on any atom is -0.361 e. The van der Waals surface area contributed by atoms with Crippen LogP contribution in [0.1, 0.15) is 25.7 Å². The summed E-state index contributed by atoms with van der Waals surface area (Å²) in [5, 5.41) is 1.28. The van der Waals surface area contributed by atoms with Crippen LogP contribution in [0.15, 0.2) is 60.8 Å². The summed E-state index contributed by atoms with van der Waals surface area (Å²) >= 11 is 0. The van der Waals surface area contributed by atoms with Gasteiger partial charge in [-0.1, -0.05) is 42.5 Å². The molecule has 0 saturated carbocycles. The molecule has 17 heteroatoms. The Hall–Kier alpha value is -0.747. The van der Waals surface area contributed by atoms with Gasteiger partial charge in [0.05, 0.1) is 0 Å². The fourth-order valence-electron chi connectivity index (χ4n) is 1.85. The predicted molar refractivity (Wildman–Crippen MR) is 75.0 cm³/mol. The van der Waals surface area contributed by atoms with Crippen LogP contribution in [0.5, 0.6) is 0 Å². The van der Waals surface area contributed by atoms with E-state index >= 15 is 0 Å². The summed E-state index contributed by atoms with van der Waals surface area (Å²) in [4.78, 5) is 3.12. The summed E-state index contributed by atoms with van der Waals surface area (Å²) in [7, 11) is -14.8. The van der Waals surface area contributed by atoms with Gasteiger partial charge in [-0.2, -0.15) is 0 Å². The SMILES string of the molecule is C1=C\CC/C=C\CC/1.[O-][Cl+3]([O-])([O-])[O-].[O-][Cl+3]([O-])([O-])[O-].[O-][Cl+3]([O-])([O-])[O-].[Rh+3].c1ccc2[nH]ccc2c1. The Balaban J connectivity index is -0.000000350. The smallest absolute Gasteiger partial charge is 0.361 e. The van der Waals surface area contributed by atoms with Crippen molar-refractivity contribution in [2.45, 2.75) is 25.7 Å². The van der Waals surface area contributed by atoms with Gasteiger partial charge in [-0.05, 0) is 43.2 Å². The average molecular weight is 627 g/mol. The molecule has 1 N–H and O–H groups in total. The largest absolute Gasteiger partial charge is 3.00 e. The summed E-state index contributed by atoms with van der Waals surface area (Å²) in [5.41, 5.74) is 1.21. The predicted octanol–water partition coefficient (Wildman–Crippen LogP) is -9.43. The first-order chi connectivity index (χ1) is 14.5. The van der Waals surface area contributed by atoms with Gasteiger partial charge in [0, 0.05) is 11.7 Å². The fourth-order valence-corrected chi connectivity index (χ4v) is 1.85. The zero-order chi connectivity index (χ0) is 25.3. The Kier molecular flexibility index (Phi) is 21.8. The van der Waals surface area contributed by atoms with Crippen molar-refractivity contribution >= 4 is 10.9 Å². The number of halogens is 3. The molecule has 0 atom stereocenters. The number of benzene rings is 1. The quantitative estimate of drug-likeness (QED) is 0.211. The average Bonchev–Trinajstić information content (AvgIpc) is 2.98. The van der Waals surface area contributed by atoms with Crippen LogP contribution >= 0.6 is 0 Å². The summed E-state index contributed by atoms with van der Waals surface area (Å²) in [6, 6.07) is 10.3.